The maximum absolute atomic E-state index is 13.1. The number of nitrogens with zero attached hydrogens (tertiary/aromatic N) is 1. The number of carbonyl (C=O) groups excluding carboxylic acids is 1. The number of rotatable bonds is 3. The minimum absolute atomic E-state index is 0.0751. The fraction of sp³-hybridized carbons (Fsp3) is 0.0667. The van der Waals surface area contributed by atoms with Crippen LogP contribution in [0.2, 0.25) is 0 Å². The van der Waals surface area contributed by atoms with E-state index in [4.69, 9.17) is 0 Å². The number of anilines is 1. The Bertz CT molecular complexity index is 682. The van der Waals surface area contributed by atoms with Crippen molar-refractivity contribution in [2.45, 2.75) is 6.18 Å². The van der Waals surface area contributed by atoms with Crippen molar-refractivity contribution in [1.82, 2.24) is 4.98 Å². The Balaban J connectivity index is 2.26. The van der Waals surface area contributed by atoms with E-state index in [0.29, 0.717) is 10.5 Å². The third-order valence-electron chi connectivity index (χ3n) is 2.64. The van der Waals surface area contributed by atoms with Gasteiger partial charge in [0.05, 0.1) is 5.57 Å². The highest BCUT2D eigenvalue weighted by molar-refractivity contribution is 9.10. The topological polar surface area (TPSA) is 42.0 Å². The third-order valence-corrected chi connectivity index (χ3v) is 3.11. The van der Waals surface area contributed by atoms with Gasteiger partial charge in [0.2, 0.25) is 5.91 Å². The number of nitrogens with one attached hydrogen (secondary N) is 1. The molecular weight excluding hydrogens is 361 g/mol. The molecule has 1 aromatic heterocycles. The molecule has 0 radical (unpaired) electrons. The average Bonchev–Trinajstić information content (AvgIpc) is 2.47. The molecule has 0 saturated carbocycles. The molecule has 2 rings (SSSR count). The van der Waals surface area contributed by atoms with Crippen molar-refractivity contribution in [2.75, 3.05) is 5.32 Å². The Morgan fingerprint density at radius 3 is 2.36 bits per heavy atom. The molecule has 0 bridgehead atoms. The summed E-state index contributed by atoms with van der Waals surface area (Å²) in [5.74, 6) is -0.731. The Kier molecular flexibility index (Phi) is 4.97. The Morgan fingerprint density at radius 1 is 1.14 bits per heavy atom. The summed E-state index contributed by atoms with van der Waals surface area (Å²) in [6, 6.07) is 10.2. The van der Waals surface area contributed by atoms with Crippen molar-refractivity contribution in [3.8, 4) is 0 Å². The second kappa shape index (κ2) is 6.74. The van der Waals surface area contributed by atoms with Crippen molar-refractivity contribution in [2.24, 2.45) is 0 Å². The number of hydrogen-bond donors (Lipinski definition) is 1. The molecule has 0 spiro atoms. The van der Waals surface area contributed by atoms with Gasteiger partial charge in [-0.3, -0.25) is 4.79 Å². The van der Waals surface area contributed by atoms with Gasteiger partial charge in [0.25, 0.3) is 0 Å². The van der Waals surface area contributed by atoms with Crippen LogP contribution in [0.25, 0.3) is 5.57 Å². The zero-order chi connectivity index (χ0) is 16.2. The largest absolute Gasteiger partial charge is 0.417 e. The second-order valence-corrected chi connectivity index (χ2v) is 5.19. The van der Waals surface area contributed by atoms with E-state index in [1.54, 1.807) is 12.1 Å². The molecule has 1 N–H and O–H groups in total. The molecule has 0 aliphatic carbocycles. The number of amides is 1. The summed E-state index contributed by atoms with van der Waals surface area (Å²) in [4.78, 5) is 15.7. The van der Waals surface area contributed by atoms with E-state index >= 15 is 0 Å². The average molecular weight is 371 g/mol. The molecule has 0 unspecified atom stereocenters. The molecule has 0 fully saturated rings. The lowest BCUT2D eigenvalue weighted by atomic mass is 10.1. The minimum Gasteiger partial charge on any atom is -0.307 e. The molecule has 0 aliphatic rings. The van der Waals surface area contributed by atoms with Crippen molar-refractivity contribution in [3.63, 3.8) is 0 Å². The van der Waals surface area contributed by atoms with Crippen molar-refractivity contribution < 1.29 is 18.0 Å². The molecule has 1 amide bonds. The van der Waals surface area contributed by atoms with Gasteiger partial charge in [0, 0.05) is 16.7 Å². The van der Waals surface area contributed by atoms with Gasteiger partial charge in [-0.25, -0.2) is 4.98 Å². The molecule has 114 valence electrons. The van der Waals surface area contributed by atoms with Gasteiger partial charge in [-0.2, -0.15) is 13.2 Å². The molecule has 7 heteroatoms. The van der Waals surface area contributed by atoms with Crippen molar-refractivity contribution in [3.05, 3.63) is 64.8 Å². The van der Waals surface area contributed by atoms with Crippen LogP contribution < -0.4 is 5.32 Å². The van der Waals surface area contributed by atoms with Crippen molar-refractivity contribution >= 4 is 33.2 Å². The van der Waals surface area contributed by atoms with Gasteiger partial charge in [-0.1, -0.05) is 30.3 Å². The number of hydrogen-bond acceptors (Lipinski definition) is 2. The molecule has 1 aromatic carbocycles. The first kappa shape index (κ1) is 16.2. The lowest BCUT2D eigenvalue weighted by Crippen LogP contribution is -2.16. The van der Waals surface area contributed by atoms with Crippen LogP contribution in [0.3, 0.4) is 0 Å². The van der Waals surface area contributed by atoms with E-state index in [-0.39, 0.29) is 11.4 Å². The number of pyridine rings is 1. The summed E-state index contributed by atoms with van der Waals surface area (Å²) in [7, 11) is 0. The minimum atomic E-state index is -4.63. The highest BCUT2D eigenvalue weighted by Crippen LogP contribution is 2.33. The smallest absolute Gasteiger partial charge is 0.307 e. The van der Waals surface area contributed by atoms with E-state index in [0.717, 1.165) is 0 Å². The number of carbonyl (C=O) groups is 1. The quantitative estimate of drug-likeness (QED) is 0.812. The zero-order valence-electron chi connectivity index (χ0n) is 11.1. The maximum Gasteiger partial charge on any atom is 0.417 e. The van der Waals surface area contributed by atoms with E-state index in [1.807, 2.05) is 0 Å². The number of alkyl halides is 3. The highest BCUT2D eigenvalue weighted by Gasteiger charge is 2.35. The molecule has 0 atom stereocenters. The van der Waals surface area contributed by atoms with Gasteiger partial charge in [-0.15, -0.1) is 0 Å². The van der Waals surface area contributed by atoms with Crippen LogP contribution in [0.4, 0.5) is 19.0 Å². The van der Waals surface area contributed by atoms with Crippen LogP contribution >= 0.6 is 15.9 Å². The van der Waals surface area contributed by atoms with Crippen LogP contribution in [0.5, 0.6) is 0 Å². The fourth-order valence-electron chi connectivity index (χ4n) is 1.69. The van der Waals surface area contributed by atoms with Crippen LogP contribution in [-0.4, -0.2) is 17.1 Å². The Morgan fingerprint density at radius 2 is 1.82 bits per heavy atom. The van der Waals surface area contributed by atoms with Crippen LogP contribution in [0, 0.1) is 0 Å². The van der Waals surface area contributed by atoms with Gasteiger partial charge < -0.3 is 5.32 Å². The third kappa shape index (κ3) is 4.42. The zero-order valence-corrected chi connectivity index (χ0v) is 12.6. The first-order valence-electron chi connectivity index (χ1n) is 6.13. The molecule has 0 aliphatic heterocycles. The molecule has 1 heterocycles. The van der Waals surface area contributed by atoms with Crippen LogP contribution in [0.1, 0.15) is 5.56 Å². The second-order valence-electron chi connectivity index (χ2n) is 4.27. The van der Waals surface area contributed by atoms with Crippen LogP contribution in [0.15, 0.2) is 59.2 Å². The summed E-state index contributed by atoms with van der Waals surface area (Å²) >= 11 is 3.17. The van der Waals surface area contributed by atoms with E-state index in [2.05, 4.69) is 26.2 Å². The normalized spacial score (nSPS) is 12.1. The van der Waals surface area contributed by atoms with Gasteiger partial charge in [0.1, 0.15) is 5.82 Å². The maximum atomic E-state index is 13.1. The Hall–Kier alpha value is -2.15. The first-order chi connectivity index (χ1) is 10.4. The standard InChI is InChI=1S/C15H10BrF3N2O/c16-11-6-7-13(20-9-11)21-14(22)8-12(15(17,18)19)10-4-2-1-3-5-10/h1-9H,(H,20,21,22)/b12-8-. The summed E-state index contributed by atoms with van der Waals surface area (Å²) in [6.07, 6.45) is -2.67. The summed E-state index contributed by atoms with van der Waals surface area (Å²) in [6.45, 7) is 0. The highest BCUT2D eigenvalue weighted by atomic mass is 79.9. The molecule has 3 nitrogen and oxygen atoms in total. The number of halogens is 4. The summed E-state index contributed by atoms with van der Waals surface area (Å²) < 4.78 is 40.0. The van der Waals surface area contributed by atoms with Crippen molar-refractivity contribution in [1.29, 1.82) is 0 Å². The molecule has 0 saturated heterocycles. The lowest BCUT2D eigenvalue weighted by molar-refractivity contribution is -0.112. The predicted molar refractivity (Wildman–Crippen MR) is 81.0 cm³/mol. The lowest BCUT2D eigenvalue weighted by Gasteiger charge is -2.12. The monoisotopic (exact) mass is 370 g/mol. The molecule has 2 aromatic rings. The first-order valence-corrected chi connectivity index (χ1v) is 6.92. The van der Waals surface area contributed by atoms with Gasteiger partial charge in [0.15, 0.2) is 0 Å². The van der Waals surface area contributed by atoms with Gasteiger partial charge in [-0.05, 0) is 33.6 Å². The predicted octanol–water partition coefficient (Wildman–Crippen LogP) is 4.43. The summed E-state index contributed by atoms with van der Waals surface area (Å²) in [5, 5.41) is 2.29. The van der Waals surface area contributed by atoms with E-state index in [1.165, 1.54) is 36.5 Å². The Labute approximate surface area is 133 Å². The van der Waals surface area contributed by atoms with Gasteiger partial charge >= 0.3 is 6.18 Å². The van der Waals surface area contributed by atoms with Crippen LogP contribution in [-0.2, 0) is 4.79 Å². The number of benzene rings is 1. The summed E-state index contributed by atoms with van der Waals surface area (Å²) in [5.41, 5.74) is -1.09. The number of aromatic nitrogens is 1. The van der Waals surface area contributed by atoms with E-state index in [9.17, 15) is 18.0 Å². The molecule has 22 heavy (non-hydrogen) atoms. The fourth-order valence-corrected chi connectivity index (χ4v) is 1.92. The number of allylic oxidation sites excluding steroid dienone is 1. The SMILES string of the molecule is O=C(/C=C(/c1ccccc1)C(F)(F)F)Nc1ccc(Br)cn1. The molecular formula is C15H10BrF3N2O. The van der Waals surface area contributed by atoms with E-state index < -0.39 is 17.7 Å².